The zero-order valence-corrected chi connectivity index (χ0v) is 10.0. The molecule has 0 aliphatic heterocycles. The fourth-order valence-electron chi connectivity index (χ4n) is 1.10. The summed E-state index contributed by atoms with van der Waals surface area (Å²) in [6.45, 7) is 0. The summed E-state index contributed by atoms with van der Waals surface area (Å²) < 4.78 is 61.1. The molecular formula is C10H5ClF5NO3. The van der Waals surface area contributed by atoms with Crippen LogP contribution in [0.2, 0.25) is 5.02 Å². The van der Waals surface area contributed by atoms with E-state index in [4.69, 9.17) is 16.7 Å². The molecule has 0 aromatic heterocycles. The van der Waals surface area contributed by atoms with E-state index in [1.54, 1.807) is 0 Å². The molecule has 0 unspecified atom stereocenters. The summed E-state index contributed by atoms with van der Waals surface area (Å²) in [6, 6.07) is 2.43. The minimum absolute atomic E-state index is 0.396. The van der Waals surface area contributed by atoms with E-state index in [1.807, 2.05) is 0 Å². The van der Waals surface area contributed by atoms with Crippen LogP contribution in [0.5, 0.6) is 0 Å². The number of carbonyl (C=O) groups is 2. The molecule has 20 heavy (non-hydrogen) atoms. The minimum atomic E-state index is -6.04. The molecule has 1 aromatic rings. The Morgan fingerprint density at radius 2 is 1.70 bits per heavy atom. The third kappa shape index (κ3) is 3.16. The molecule has 0 saturated carbocycles. The predicted octanol–water partition coefficient (Wildman–Crippen LogP) is 3.17. The van der Waals surface area contributed by atoms with Gasteiger partial charge in [-0.2, -0.15) is 22.0 Å². The van der Waals surface area contributed by atoms with Gasteiger partial charge in [0.25, 0.3) is 0 Å². The van der Waals surface area contributed by atoms with Gasteiger partial charge in [-0.25, -0.2) is 4.79 Å². The number of hydrogen-bond donors (Lipinski definition) is 2. The summed E-state index contributed by atoms with van der Waals surface area (Å²) in [6.07, 6.45) is -6.04. The second-order valence-electron chi connectivity index (χ2n) is 3.53. The zero-order valence-electron chi connectivity index (χ0n) is 9.26. The van der Waals surface area contributed by atoms with Crippen LogP contribution in [0.4, 0.5) is 27.6 Å². The van der Waals surface area contributed by atoms with E-state index in [0.717, 1.165) is 18.2 Å². The van der Waals surface area contributed by atoms with Gasteiger partial charge in [0.05, 0.1) is 10.6 Å². The highest BCUT2D eigenvalue weighted by Gasteiger charge is 2.63. The molecule has 1 rings (SSSR count). The second-order valence-corrected chi connectivity index (χ2v) is 3.93. The molecule has 0 atom stereocenters. The van der Waals surface area contributed by atoms with Crippen LogP contribution < -0.4 is 5.32 Å². The second kappa shape index (κ2) is 5.23. The molecule has 0 heterocycles. The molecule has 0 aliphatic carbocycles. The lowest BCUT2D eigenvalue weighted by Crippen LogP contribution is -2.47. The number of carboxylic acid groups (broad SMARTS) is 1. The molecule has 0 aliphatic rings. The summed E-state index contributed by atoms with van der Waals surface area (Å²) >= 11 is 5.47. The largest absolute Gasteiger partial charge is 0.478 e. The highest BCUT2D eigenvalue weighted by Crippen LogP contribution is 2.36. The summed E-state index contributed by atoms with van der Waals surface area (Å²) in [5.41, 5.74) is -0.888. The number of nitrogens with one attached hydrogen (secondary N) is 1. The van der Waals surface area contributed by atoms with Crippen molar-refractivity contribution in [2.24, 2.45) is 0 Å². The number of alkyl halides is 5. The van der Waals surface area contributed by atoms with E-state index in [0.29, 0.717) is 0 Å². The van der Waals surface area contributed by atoms with Crippen LogP contribution in [0, 0.1) is 0 Å². The van der Waals surface area contributed by atoms with Crippen molar-refractivity contribution in [3.63, 3.8) is 0 Å². The van der Waals surface area contributed by atoms with Crippen LogP contribution in [0.3, 0.4) is 0 Å². The Balaban J connectivity index is 2.98. The maximum Gasteiger partial charge on any atom is 0.463 e. The van der Waals surface area contributed by atoms with Gasteiger partial charge in [0.1, 0.15) is 0 Å². The van der Waals surface area contributed by atoms with E-state index < -0.39 is 40.2 Å². The smallest absolute Gasteiger partial charge is 0.463 e. The molecule has 4 nitrogen and oxygen atoms in total. The lowest BCUT2D eigenvalue weighted by molar-refractivity contribution is -0.267. The van der Waals surface area contributed by atoms with Crippen LogP contribution in [0.25, 0.3) is 0 Å². The van der Waals surface area contributed by atoms with E-state index in [2.05, 4.69) is 0 Å². The van der Waals surface area contributed by atoms with Crippen LogP contribution in [0.15, 0.2) is 18.2 Å². The van der Waals surface area contributed by atoms with Crippen molar-refractivity contribution in [2.75, 3.05) is 5.32 Å². The number of hydrogen-bond acceptors (Lipinski definition) is 2. The minimum Gasteiger partial charge on any atom is -0.478 e. The molecule has 0 saturated heterocycles. The average molecular weight is 318 g/mol. The Hall–Kier alpha value is -1.90. The molecule has 2 N–H and O–H groups in total. The monoisotopic (exact) mass is 317 g/mol. The van der Waals surface area contributed by atoms with E-state index in [1.165, 1.54) is 5.32 Å². The van der Waals surface area contributed by atoms with E-state index in [9.17, 15) is 31.5 Å². The molecule has 0 spiro atoms. The highest BCUT2D eigenvalue weighted by molar-refractivity contribution is 6.33. The summed E-state index contributed by atoms with van der Waals surface area (Å²) in [4.78, 5) is 21.5. The summed E-state index contributed by atoms with van der Waals surface area (Å²) in [5.74, 6) is -9.59. The fourth-order valence-corrected chi connectivity index (χ4v) is 1.37. The van der Waals surface area contributed by atoms with Crippen LogP contribution in [-0.2, 0) is 4.79 Å². The summed E-state index contributed by atoms with van der Waals surface area (Å²) in [7, 11) is 0. The molecule has 0 fully saturated rings. The van der Waals surface area contributed by atoms with Crippen molar-refractivity contribution < 1.29 is 36.6 Å². The molecule has 10 heteroatoms. The lowest BCUT2D eigenvalue weighted by atomic mass is 10.2. The van der Waals surface area contributed by atoms with Gasteiger partial charge >= 0.3 is 24.0 Å². The van der Waals surface area contributed by atoms with E-state index in [-0.39, 0.29) is 0 Å². The number of carboxylic acids is 1. The van der Waals surface area contributed by atoms with Gasteiger partial charge in [-0.3, -0.25) is 4.79 Å². The van der Waals surface area contributed by atoms with Gasteiger partial charge < -0.3 is 10.4 Å². The number of halogens is 6. The third-order valence-corrected chi connectivity index (χ3v) is 2.41. The number of benzene rings is 1. The maximum absolute atomic E-state index is 12.7. The molecule has 1 aromatic carbocycles. The first-order valence-electron chi connectivity index (χ1n) is 4.75. The van der Waals surface area contributed by atoms with Crippen LogP contribution >= 0.6 is 11.6 Å². The number of anilines is 1. The molecular weight excluding hydrogens is 313 g/mol. The fraction of sp³-hybridized carbons (Fsp3) is 0.200. The van der Waals surface area contributed by atoms with Crippen molar-refractivity contribution in [1.29, 1.82) is 0 Å². The standard InChI is InChI=1S/C10H5ClF5NO3/c11-6-3-4(1-2-5(6)7(18)19)17-8(20)9(12,13)10(14,15)16/h1-3H,(H,17,20)(H,18,19). The van der Waals surface area contributed by atoms with Crippen molar-refractivity contribution in [3.8, 4) is 0 Å². The highest BCUT2D eigenvalue weighted by atomic mass is 35.5. The van der Waals surface area contributed by atoms with Gasteiger partial charge in [-0.05, 0) is 18.2 Å². The van der Waals surface area contributed by atoms with Crippen LogP contribution in [-0.4, -0.2) is 29.1 Å². The first-order chi connectivity index (χ1) is 8.96. The average Bonchev–Trinajstić information content (AvgIpc) is 2.26. The number of rotatable bonds is 3. The van der Waals surface area contributed by atoms with Crippen molar-refractivity contribution in [1.82, 2.24) is 0 Å². The summed E-state index contributed by atoms with van der Waals surface area (Å²) in [5, 5.41) is 9.52. The Morgan fingerprint density at radius 3 is 2.10 bits per heavy atom. The first-order valence-corrected chi connectivity index (χ1v) is 5.13. The Kier molecular flexibility index (Phi) is 4.23. The Bertz CT molecular complexity index is 558. The van der Waals surface area contributed by atoms with Crippen molar-refractivity contribution >= 4 is 29.2 Å². The third-order valence-electron chi connectivity index (χ3n) is 2.10. The molecule has 0 radical (unpaired) electrons. The zero-order chi connectivity index (χ0) is 15.7. The Morgan fingerprint density at radius 1 is 1.15 bits per heavy atom. The van der Waals surface area contributed by atoms with Gasteiger partial charge in [-0.1, -0.05) is 11.6 Å². The topological polar surface area (TPSA) is 66.4 Å². The lowest BCUT2D eigenvalue weighted by Gasteiger charge is -2.18. The molecule has 0 bridgehead atoms. The van der Waals surface area contributed by atoms with Crippen molar-refractivity contribution in [2.45, 2.75) is 12.1 Å². The van der Waals surface area contributed by atoms with Crippen LogP contribution in [0.1, 0.15) is 10.4 Å². The molecule has 1 amide bonds. The number of amides is 1. The van der Waals surface area contributed by atoms with Gasteiger partial charge in [0.2, 0.25) is 0 Å². The number of aromatic carboxylic acids is 1. The molecule has 110 valence electrons. The maximum atomic E-state index is 12.7. The van der Waals surface area contributed by atoms with Gasteiger partial charge in [-0.15, -0.1) is 0 Å². The van der Waals surface area contributed by atoms with Gasteiger partial charge in [0, 0.05) is 5.69 Å². The quantitative estimate of drug-likeness (QED) is 0.841. The Labute approximate surface area is 113 Å². The normalized spacial score (nSPS) is 12.1. The first kappa shape index (κ1) is 16.2. The van der Waals surface area contributed by atoms with E-state index >= 15 is 0 Å². The predicted molar refractivity (Wildman–Crippen MR) is 58.0 cm³/mol. The van der Waals surface area contributed by atoms with Crippen molar-refractivity contribution in [3.05, 3.63) is 28.8 Å². The SMILES string of the molecule is O=C(O)c1ccc(NC(=O)C(F)(F)C(F)(F)F)cc1Cl. The number of carbonyl (C=O) groups excluding carboxylic acids is 1. The van der Waals surface area contributed by atoms with Gasteiger partial charge in [0.15, 0.2) is 0 Å².